The number of benzene rings is 2. The van der Waals surface area contributed by atoms with Crippen LogP contribution in [-0.2, 0) is 16.1 Å². The molecular weight excluding hydrogens is 514 g/mol. The van der Waals surface area contributed by atoms with Crippen LogP contribution >= 0.6 is 0 Å². The lowest BCUT2D eigenvalue weighted by Crippen LogP contribution is -2.49. The Labute approximate surface area is 234 Å². The number of amides is 2. The fraction of sp³-hybridized carbons (Fsp3) is 0.500. The molecule has 0 spiro atoms. The number of rotatable bonds is 9. The molecule has 216 valence electrons. The highest BCUT2D eigenvalue weighted by atomic mass is 16.5. The Balaban J connectivity index is 1.60. The van der Waals surface area contributed by atoms with E-state index in [1.807, 2.05) is 20.9 Å². The molecule has 1 fully saturated rings. The van der Waals surface area contributed by atoms with Crippen molar-refractivity contribution in [2.24, 2.45) is 11.8 Å². The van der Waals surface area contributed by atoms with Crippen molar-refractivity contribution in [1.82, 2.24) is 9.80 Å². The quantitative estimate of drug-likeness (QED) is 0.432. The first-order valence-electron chi connectivity index (χ1n) is 13.8. The summed E-state index contributed by atoms with van der Waals surface area (Å²) < 4.78 is 12.0. The maximum Gasteiger partial charge on any atom is 0.335 e. The fourth-order valence-corrected chi connectivity index (χ4v) is 5.19. The molecule has 2 aliphatic heterocycles. The first-order chi connectivity index (χ1) is 19.2. The van der Waals surface area contributed by atoms with Gasteiger partial charge in [-0.05, 0) is 56.6 Å². The lowest BCUT2D eigenvalue weighted by atomic mass is 9.98. The molecular formula is C30H39N3O7. The Kier molecular flexibility index (Phi) is 9.78. The van der Waals surface area contributed by atoms with Gasteiger partial charge in [-0.25, -0.2) is 4.79 Å². The molecule has 10 heteroatoms. The van der Waals surface area contributed by atoms with Crippen molar-refractivity contribution in [3.8, 4) is 5.75 Å². The molecule has 2 heterocycles. The first kappa shape index (κ1) is 29.5. The molecule has 2 aliphatic rings. The second kappa shape index (κ2) is 13.3. The fourth-order valence-electron chi connectivity index (χ4n) is 5.19. The van der Waals surface area contributed by atoms with E-state index in [0.29, 0.717) is 62.7 Å². The normalized spacial score (nSPS) is 20.7. The number of hydrogen-bond donors (Lipinski definition) is 3. The summed E-state index contributed by atoms with van der Waals surface area (Å²) in [5, 5.41) is 22.1. The number of aromatic carboxylic acids is 1. The number of nitrogens with one attached hydrogen (secondary N) is 1. The van der Waals surface area contributed by atoms with E-state index in [1.54, 1.807) is 47.4 Å². The van der Waals surface area contributed by atoms with Gasteiger partial charge >= 0.3 is 5.97 Å². The highest BCUT2D eigenvalue weighted by Crippen LogP contribution is 2.35. The summed E-state index contributed by atoms with van der Waals surface area (Å²) in [4.78, 5) is 41.7. The molecule has 4 rings (SSSR count). The number of likely N-dealkylation sites (N-methyl/N-ethyl adjacent to an activating group) is 1. The van der Waals surface area contributed by atoms with E-state index in [1.165, 1.54) is 0 Å². The zero-order valence-corrected chi connectivity index (χ0v) is 23.3. The van der Waals surface area contributed by atoms with Crippen LogP contribution in [0.3, 0.4) is 0 Å². The summed E-state index contributed by atoms with van der Waals surface area (Å²) >= 11 is 0. The molecule has 3 N–H and O–H groups in total. The lowest BCUT2D eigenvalue weighted by molar-refractivity contribution is -0.122. The van der Waals surface area contributed by atoms with Crippen molar-refractivity contribution in [1.29, 1.82) is 0 Å². The Bertz CT molecular complexity index is 1200. The van der Waals surface area contributed by atoms with Gasteiger partial charge in [-0.15, -0.1) is 0 Å². The van der Waals surface area contributed by atoms with Gasteiger partial charge in [-0.2, -0.15) is 0 Å². The summed E-state index contributed by atoms with van der Waals surface area (Å²) in [6, 6.07) is 11.5. The van der Waals surface area contributed by atoms with Crippen LogP contribution < -0.4 is 10.1 Å². The highest BCUT2D eigenvalue weighted by Gasteiger charge is 2.35. The topological polar surface area (TPSA) is 129 Å². The molecule has 1 saturated heterocycles. The monoisotopic (exact) mass is 553 g/mol. The second-order valence-corrected chi connectivity index (χ2v) is 10.9. The Hall–Kier alpha value is -3.47. The molecule has 0 radical (unpaired) electrons. The molecule has 0 aromatic heterocycles. The Morgan fingerprint density at radius 2 is 1.85 bits per heavy atom. The van der Waals surface area contributed by atoms with Crippen LogP contribution in [0.4, 0.5) is 5.69 Å². The predicted molar refractivity (Wildman–Crippen MR) is 150 cm³/mol. The predicted octanol–water partition coefficient (Wildman–Crippen LogP) is 3.10. The maximum absolute atomic E-state index is 13.7. The summed E-state index contributed by atoms with van der Waals surface area (Å²) in [6.07, 6.45) is 0.936. The zero-order valence-electron chi connectivity index (χ0n) is 23.3. The number of para-hydroxylation sites is 1. The van der Waals surface area contributed by atoms with Crippen molar-refractivity contribution in [3.05, 3.63) is 59.2 Å². The first-order valence-corrected chi connectivity index (χ1v) is 13.8. The number of hydrogen-bond acceptors (Lipinski definition) is 7. The van der Waals surface area contributed by atoms with Gasteiger partial charge in [0.15, 0.2) is 5.75 Å². The minimum absolute atomic E-state index is 0.0952. The number of carbonyl (C=O) groups is 3. The molecule has 0 bridgehead atoms. The number of anilines is 1. The number of aliphatic hydroxyl groups is 1. The van der Waals surface area contributed by atoms with E-state index >= 15 is 0 Å². The SMILES string of the molecule is C[C@H](CO)N1C[C@H](C)[C@H](CN(C)Cc2ccc(C(=O)O)cc2)Oc2c(NC(=O)C3CCOCC3)cccc2C1=O. The van der Waals surface area contributed by atoms with E-state index in [-0.39, 0.29) is 41.9 Å². The van der Waals surface area contributed by atoms with E-state index in [0.717, 1.165) is 5.56 Å². The second-order valence-electron chi connectivity index (χ2n) is 10.9. The van der Waals surface area contributed by atoms with Crippen LogP contribution in [-0.4, -0.2) is 89.9 Å². The van der Waals surface area contributed by atoms with Gasteiger partial charge in [-0.1, -0.05) is 25.1 Å². The maximum atomic E-state index is 13.7. The van der Waals surface area contributed by atoms with Gasteiger partial charge in [0.2, 0.25) is 5.91 Å². The van der Waals surface area contributed by atoms with E-state index in [9.17, 15) is 24.6 Å². The molecule has 40 heavy (non-hydrogen) atoms. The average molecular weight is 554 g/mol. The van der Waals surface area contributed by atoms with Crippen molar-refractivity contribution >= 4 is 23.5 Å². The highest BCUT2D eigenvalue weighted by molar-refractivity contribution is 6.02. The Morgan fingerprint density at radius 3 is 2.50 bits per heavy atom. The van der Waals surface area contributed by atoms with Crippen LogP contribution in [0.15, 0.2) is 42.5 Å². The molecule has 0 unspecified atom stereocenters. The standard InChI is InChI=1S/C30H39N3O7/c1-19-15-33(20(2)18-34)29(36)24-5-4-6-25(31-28(35)22-11-13-39-14-12-22)27(24)40-26(19)17-32(3)16-21-7-9-23(10-8-21)30(37)38/h4-10,19-20,22,26,34H,11-18H2,1-3H3,(H,31,35)(H,37,38)/t19-,20+,26-/m0/s1. The van der Waals surface area contributed by atoms with E-state index in [2.05, 4.69) is 10.2 Å². The van der Waals surface area contributed by atoms with Crippen molar-refractivity contribution in [2.45, 2.75) is 45.4 Å². The smallest absolute Gasteiger partial charge is 0.335 e. The average Bonchev–Trinajstić information content (AvgIpc) is 2.95. The molecule has 3 atom stereocenters. The van der Waals surface area contributed by atoms with Crippen LogP contribution in [0.5, 0.6) is 5.75 Å². The number of ether oxygens (including phenoxy) is 2. The molecule has 2 amide bonds. The van der Waals surface area contributed by atoms with Crippen LogP contribution in [0.25, 0.3) is 0 Å². The van der Waals surface area contributed by atoms with E-state index < -0.39 is 12.0 Å². The van der Waals surface area contributed by atoms with Crippen LogP contribution in [0.2, 0.25) is 0 Å². The number of aliphatic hydroxyl groups excluding tert-OH is 1. The minimum Gasteiger partial charge on any atom is -0.486 e. The minimum atomic E-state index is -0.966. The van der Waals surface area contributed by atoms with Gasteiger partial charge in [0.05, 0.1) is 29.5 Å². The van der Waals surface area contributed by atoms with Crippen molar-refractivity contribution < 1.29 is 34.1 Å². The number of carbonyl (C=O) groups excluding carboxylic acids is 2. The van der Waals surface area contributed by atoms with Crippen LogP contribution in [0, 0.1) is 11.8 Å². The third-order valence-electron chi connectivity index (χ3n) is 7.69. The van der Waals surface area contributed by atoms with E-state index in [4.69, 9.17) is 9.47 Å². The molecule has 2 aromatic carbocycles. The Morgan fingerprint density at radius 1 is 1.15 bits per heavy atom. The van der Waals surface area contributed by atoms with Gasteiger partial charge in [0, 0.05) is 44.7 Å². The van der Waals surface area contributed by atoms with Gasteiger partial charge in [-0.3, -0.25) is 14.5 Å². The van der Waals surface area contributed by atoms with Gasteiger partial charge in [0.1, 0.15) is 6.10 Å². The van der Waals surface area contributed by atoms with Gasteiger partial charge < -0.3 is 29.9 Å². The lowest BCUT2D eigenvalue weighted by Gasteiger charge is -2.38. The summed E-state index contributed by atoms with van der Waals surface area (Å²) in [6.45, 7) is 6.20. The third-order valence-corrected chi connectivity index (χ3v) is 7.69. The molecule has 0 aliphatic carbocycles. The summed E-state index contributed by atoms with van der Waals surface area (Å²) in [5.74, 6) is -1.28. The van der Waals surface area contributed by atoms with Gasteiger partial charge in [0.25, 0.3) is 5.91 Å². The number of fused-ring (bicyclic) bond motifs is 1. The number of nitrogens with zero attached hydrogens (tertiary/aromatic N) is 2. The third kappa shape index (κ3) is 6.99. The summed E-state index contributed by atoms with van der Waals surface area (Å²) in [7, 11) is 1.96. The van der Waals surface area contributed by atoms with Crippen molar-refractivity contribution in [2.75, 3.05) is 45.3 Å². The molecule has 0 saturated carbocycles. The molecule has 2 aromatic rings. The largest absolute Gasteiger partial charge is 0.486 e. The molecule has 10 nitrogen and oxygen atoms in total. The van der Waals surface area contributed by atoms with Crippen LogP contribution in [0.1, 0.15) is 53.0 Å². The number of carboxylic acids is 1. The van der Waals surface area contributed by atoms with Crippen molar-refractivity contribution in [3.63, 3.8) is 0 Å². The zero-order chi connectivity index (χ0) is 28.8. The summed E-state index contributed by atoms with van der Waals surface area (Å²) in [5.41, 5.74) is 1.98. The number of carboxylic acid groups (broad SMARTS) is 1.